The highest BCUT2D eigenvalue weighted by atomic mass is 19.1. The first kappa shape index (κ1) is 26.5. The summed E-state index contributed by atoms with van der Waals surface area (Å²) < 4.78 is 30.1. The summed E-state index contributed by atoms with van der Waals surface area (Å²) in [6, 6.07) is 15.1. The zero-order valence-electron chi connectivity index (χ0n) is 20.6. The smallest absolute Gasteiger partial charge is 0.253 e. The lowest BCUT2D eigenvalue weighted by atomic mass is 10.1. The van der Waals surface area contributed by atoms with E-state index in [1.807, 2.05) is 35.2 Å². The summed E-state index contributed by atoms with van der Waals surface area (Å²) in [7, 11) is 0. The number of hydrogen-bond donors (Lipinski definition) is 1. The number of aliphatic hydroxyl groups is 1. The molecule has 9 heteroatoms. The van der Waals surface area contributed by atoms with Crippen molar-refractivity contribution in [3.05, 3.63) is 66.0 Å². The number of amides is 1. The molecular weight excluding hydrogens is 465 g/mol. The zero-order chi connectivity index (χ0) is 25.2. The normalized spacial score (nSPS) is 20.1. The molecule has 0 aliphatic carbocycles. The Hall–Kier alpha value is -2.56. The third-order valence-electron chi connectivity index (χ3n) is 6.47. The third kappa shape index (κ3) is 8.25. The molecule has 196 valence electrons. The number of aliphatic hydroxyl groups excluding tert-OH is 1. The van der Waals surface area contributed by atoms with Crippen molar-refractivity contribution in [1.29, 1.82) is 0 Å². The molecule has 2 saturated heterocycles. The van der Waals surface area contributed by atoms with Gasteiger partial charge in [0.1, 0.15) is 24.3 Å². The maximum atomic E-state index is 13.3. The van der Waals surface area contributed by atoms with Gasteiger partial charge in [-0.15, -0.1) is 0 Å². The summed E-state index contributed by atoms with van der Waals surface area (Å²) in [6.45, 7) is 7.48. The summed E-state index contributed by atoms with van der Waals surface area (Å²) in [4.78, 5) is 19.7. The highest BCUT2D eigenvalue weighted by molar-refractivity contribution is 5.94. The van der Waals surface area contributed by atoms with Crippen molar-refractivity contribution < 1.29 is 28.5 Å². The minimum absolute atomic E-state index is 0.00249. The van der Waals surface area contributed by atoms with E-state index in [9.17, 15) is 14.3 Å². The Balaban J connectivity index is 1.30. The molecule has 2 aromatic carbocycles. The van der Waals surface area contributed by atoms with Crippen LogP contribution in [-0.2, 0) is 9.47 Å². The Morgan fingerprint density at radius 1 is 1.06 bits per heavy atom. The van der Waals surface area contributed by atoms with Crippen LogP contribution in [0, 0.1) is 5.82 Å². The standard InChI is InChI=1S/C27H36FN3O5/c28-23-6-8-25(9-7-23)36-21-24(32)18-30-14-17-35-26(19-30)20-31(11-10-29-12-15-34-16-13-29)27(33)22-4-2-1-3-5-22/h1-9,24,26,32H,10-21H2/t24-,26-/m1/s1. The third-order valence-corrected chi connectivity index (χ3v) is 6.47. The van der Waals surface area contributed by atoms with Gasteiger partial charge in [-0.25, -0.2) is 4.39 Å². The summed E-state index contributed by atoms with van der Waals surface area (Å²) >= 11 is 0. The molecule has 36 heavy (non-hydrogen) atoms. The van der Waals surface area contributed by atoms with E-state index in [0.717, 1.165) is 32.8 Å². The number of β-amino-alcohol motifs (C(OH)–C–C–N with tert-alkyl or cyclic N) is 1. The first-order chi connectivity index (χ1) is 17.6. The average Bonchev–Trinajstić information content (AvgIpc) is 2.91. The molecule has 0 spiro atoms. The molecule has 0 bridgehead atoms. The van der Waals surface area contributed by atoms with Gasteiger partial charge in [0.25, 0.3) is 5.91 Å². The molecule has 8 nitrogen and oxygen atoms in total. The van der Waals surface area contributed by atoms with Crippen LogP contribution in [0.5, 0.6) is 5.75 Å². The number of carbonyl (C=O) groups excluding carboxylic acids is 1. The second-order valence-corrected chi connectivity index (χ2v) is 9.24. The number of morpholine rings is 2. The Kier molecular flexibility index (Phi) is 10.1. The van der Waals surface area contributed by atoms with E-state index in [4.69, 9.17) is 14.2 Å². The average molecular weight is 502 g/mol. The number of rotatable bonds is 11. The number of ether oxygens (including phenoxy) is 3. The quantitative estimate of drug-likeness (QED) is 0.503. The van der Waals surface area contributed by atoms with E-state index in [0.29, 0.717) is 50.6 Å². The fourth-order valence-electron chi connectivity index (χ4n) is 4.50. The number of hydrogen-bond acceptors (Lipinski definition) is 7. The number of benzene rings is 2. The van der Waals surface area contributed by atoms with Gasteiger partial charge < -0.3 is 24.2 Å². The van der Waals surface area contributed by atoms with Gasteiger partial charge in [0, 0.05) is 57.9 Å². The van der Waals surface area contributed by atoms with Gasteiger partial charge in [-0.1, -0.05) is 18.2 Å². The summed E-state index contributed by atoms with van der Waals surface area (Å²) in [6.07, 6.45) is -0.849. The predicted molar refractivity (Wildman–Crippen MR) is 134 cm³/mol. The highest BCUT2D eigenvalue weighted by Gasteiger charge is 2.27. The van der Waals surface area contributed by atoms with Crippen LogP contribution in [0.3, 0.4) is 0 Å². The van der Waals surface area contributed by atoms with Crippen molar-refractivity contribution in [2.45, 2.75) is 12.2 Å². The van der Waals surface area contributed by atoms with E-state index in [2.05, 4.69) is 9.80 Å². The van der Waals surface area contributed by atoms with Crippen molar-refractivity contribution in [2.75, 3.05) is 78.8 Å². The lowest BCUT2D eigenvalue weighted by Gasteiger charge is -2.37. The van der Waals surface area contributed by atoms with Crippen LogP contribution in [0.2, 0.25) is 0 Å². The predicted octanol–water partition coefficient (Wildman–Crippen LogP) is 1.74. The van der Waals surface area contributed by atoms with Crippen LogP contribution in [0.1, 0.15) is 10.4 Å². The molecule has 2 fully saturated rings. The van der Waals surface area contributed by atoms with Crippen LogP contribution in [0.4, 0.5) is 4.39 Å². The van der Waals surface area contributed by atoms with Gasteiger partial charge in [0.15, 0.2) is 0 Å². The Morgan fingerprint density at radius 2 is 1.78 bits per heavy atom. The van der Waals surface area contributed by atoms with Crippen molar-refractivity contribution >= 4 is 5.91 Å². The maximum absolute atomic E-state index is 13.3. The molecule has 0 saturated carbocycles. The van der Waals surface area contributed by atoms with Crippen molar-refractivity contribution in [2.24, 2.45) is 0 Å². The molecule has 1 N–H and O–H groups in total. The minimum atomic E-state index is -0.697. The number of nitrogens with zero attached hydrogens (tertiary/aromatic N) is 3. The van der Waals surface area contributed by atoms with Crippen LogP contribution in [0.15, 0.2) is 54.6 Å². The Labute approximate surface area is 212 Å². The van der Waals surface area contributed by atoms with E-state index >= 15 is 0 Å². The van der Waals surface area contributed by atoms with Gasteiger partial charge in [-0.2, -0.15) is 0 Å². The van der Waals surface area contributed by atoms with E-state index in [1.165, 1.54) is 12.1 Å². The van der Waals surface area contributed by atoms with Crippen molar-refractivity contribution in [3.63, 3.8) is 0 Å². The fraction of sp³-hybridized carbons (Fsp3) is 0.519. The van der Waals surface area contributed by atoms with Crippen LogP contribution < -0.4 is 4.74 Å². The summed E-state index contributed by atoms with van der Waals surface area (Å²) in [5.41, 5.74) is 0.667. The summed E-state index contributed by atoms with van der Waals surface area (Å²) in [5, 5.41) is 10.5. The molecule has 2 heterocycles. The van der Waals surface area contributed by atoms with Crippen LogP contribution in [0.25, 0.3) is 0 Å². The minimum Gasteiger partial charge on any atom is -0.491 e. The molecule has 1 amide bonds. The van der Waals surface area contributed by atoms with E-state index in [-0.39, 0.29) is 24.4 Å². The van der Waals surface area contributed by atoms with Crippen LogP contribution >= 0.6 is 0 Å². The molecular formula is C27H36FN3O5. The molecule has 2 aliphatic heterocycles. The number of halogens is 1. The van der Waals surface area contributed by atoms with Gasteiger partial charge in [-0.3, -0.25) is 14.6 Å². The molecule has 0 radical (unpaired) electrons. The SMILES string of the molecule is O=C(c1ccccc1)N(CCN1CCOCC1)C[C@H]1CN(C[C@@H](O)COc2ccc(F)cc2)CCO1. The fourth-order valence-corrected chi connectivity index (χ4v) is 4.50. The topological polar surface area (TPSA) is 74.7 Å². The Morgan fingerprint density at radius 3 is 2.53 bits per heavy atom. The van der Waals surface area contributed by atoms with E-state index < -0.39 is 6.10 Å². The second-order valence-electron chi connectivity index (χ2n) is 9.24. The molecule has 4 rings (SSSR count). The molecule has 0 aromatic heterocycles. The molecule has 2 aromatic rings. The lowest BCUT2D eigenvalue weighted by molar-refractivity contribution is -0.0545. The maximum Gasteiger partial charge on any atom is 0.253 e. The number of carbonyl (C=O) groups is 1. The van der Waals surface area contributed by atoms with Gasteiger partial charge in [0.05, 0.1) is 25.9 Å². The second kappa shape index (κ2) is 13.7. The highest BCUT2D eigenvalue weighted by Crippen LogP contribution is 2.14. The molecule has 2 atom stereocenters. The first-order valence-electron chi connectivity index (χ1n) is 12.6. The van der Waals surface area contributed by atoms with Crippen molar-refractivity contribution in [3.8, 4) is 5.75 Å². The zero-order valence-corrected chi connectivity index (χ0v) is 20.6. The van der Waals surface area contributed by atoms with Crippen molar-refractivity contribution in [1.82, 2.24) is 14.7 Å². The lowest BCUT2D eigenvalue weighted by Crippen LogP contribution is -2.52. The van der Waals surface area contributed by atoms with Gasteiger partial charge in [0.2, 0.25) is 0 Å². The Bertz CT molecular complexity index is 927. The molecule has 2 aliphatic rings. The first-order valence-corrected chi connectivity index (χ1v) is 12.6. The van der Waals surface area contributed by atoms with Crippen LogP contribution in [-0.4, -0.2) is 117 Å². The van der Waals surface area contributed by atoms with Gasteiger partial charge in [-0.05, 0) is 36.4 Å². The van der Waals surface area contributed by atoms with Gasteiger partial charge >= 0.3 is 0 Å². The summed E-state index contributed by atoms with van der Waals surface area (Å²) in [5.74, 6) is 0.190. The molecule has 0 unspecified atom stereocenters. The largest absolute Gasteiger partial charge is 0.491 e. The monoisotopic (exact) mass is 501 g/mol. The van der Waals surface area contributed by atoms with E-state index in [1.54, 1.807) is 12.1 Å².